The maximum Gasteiger partial charge on any atom is 0.182 e. The first kappa shape index (κ1) is 11.0. The van der Waals surface area contributed by atoms with Gasteiger partial charge in [-0.1, -0.05) is 19.8 Å². The first-order chi connectivity index (χ1) is 7.70. The topological polar surface area (TPSA) is 21.7 Å². The van der Waals surface area contributed by atoms with Crippen molar-refractivity contribution in [1.29, 1.82) is 0 Å². The Balaban J connectivity index is 1.57. The number of nitrogens with zero attached hydrogens (tertiary/aromatic N) is 1. The minimum absolute atomic E-state index is 0.227. The summed E-state index contributed by atoms with van der Waals surface area (Å²) in [4.78, 5) is 2.55. The molecule has 0 atom stereocenters. The molecular weight excluding hydrogens is 202 g/mol. The normalized spacial score (nSPS) is 32.8. The molecule has 92 valence electrons. The maximum absolute atomic E-state index is 5.77. The number of hydrogen-bond acceptors (Lipinski definition) is 3. The van der Waals surface area contributed by atoms with Crippen molar-refractivity contribution in [2.75, 3.05) is 32.8 Å². The molecule has 0 aromatic rings. The van der Waals surface area contributed by atoms with Crippen molar-refractivity contribution in [3.05, 3.63) is 0 Å². The summed E-state index contributed by atoms with van der Waals surface area (Å²) in [6.07, 6.45) is 6.70. The molecule has 0 amide bonds. The third-order valence-corrected chi connectivity index (χ3v) is 4.50. The van der Waals surface area contributed by atoms with Gasteiger partial charge < -0.3 is 9.47 Å². The summed E-state index contributed by atoms with van der Waals surface area (Å²) in [5.41, 5.74) is 0.560. The first-order valence-corrected chi connectivity index (χ1v) is 6.70. The Morgan fingerprint density at radius 3 is 2.44 bits per heavy atom. The summed E-state index contributed by atoms with van der Waals surface area (Å²) >= 11 is 0. The fourth-order valence-electron chi connectivity index (χ4n) is 3.62. The highest BCUT2D eigenvalue weighted by Gasteiger charge is 2.44. The van der Waals surface area contributed by atoms with Gasteiger partial charge in [-0.3, -0.25) is 4.90 Å². The van der Waals surface area contributed by atoms with Gasteiger partial charge >= 0.3 is 0 Å². The van der Waals surface area contributed by atoms with E-state index < -0.39 is 0 Å². The lowest BCUT2D eigenvalue weighted by atomic mass is 9.88. The summed E-state index contributed by atoms with van der Waals surface area (Å²) in [6.45, 7) is 7.39. The van der Waals surface area contributed by atoms with Crippen LogP contribution < -0.4 is 0 Å². The van der Waals surface area contributed by atoms with Crippen molar-refractivity contribution >= 4 is 0 Å². The highest BCUT2D eigenvalue weighted by molar-refractivity contribution is 4.91. The zero-order valence-electron chi connectivity index (χ0n) is 10.3. The summed E-state index contributed by atoms with van der Waals surface area (Å²) < 4.78 is 11.5. The van der Waals surface area contributed by atoms with E-state index in [2.05, 4.69) is 11.8 Å². The van der Waals surface area contributed by atoms with Crippen LogP contribution in [0.25, 0.3) is 0 Å². The largest absolute Gasteiger partial charge is 0.346 e. The van der Waals surface area contributed by atoms with Crippen molar-refractivity contribution in [2.24, 2.45) is 5.41 Å². The number of ether oxygens (including phenoxy) is 2. The monoisotopic (exact) mass is 225 g/mol. The van der Waals surface area contributed by atoms with Crippen LogP contribution in [-0.2, 0) is 9.47 Å². The van der Waals surface area contributed by atoms with Crippen molar-refractivity contribution in [1.82, 2.24) is 4.90 Å². The van der Waals surface area contributed by atoms with Crippen LogP contribution in [0.15, 0.2) is 0 Å². The number of rotatable bonds is 2. The fourth-order valence-corrected chi connectivity index (χ4v) is 3.62. The van der Waals surface area contributed by atoms with Crippen LogP contribution in [0.5, 0.6) is 0 Å². The SMILES string of the molecule is CC1(CN2CCC3(C2)OCCO3)CCCC1. The molecule has 1 spiro atoms. The second-order valence-electron chi connectivity index (χ2n) is 6.09. The minimum atomic E-state index is -0.227. The molecule has 3 fully saturated rings. The van der Waals surface area contributed by atoms with Gasteiger partial charge in [0.15, 0.2) is 5.79 Å². The third-order valence-electron chi connectivity index (χ3n) is 4.50. The molecule has 1 saturated carbocycles. The van der Waals surface area contributed by atoms with Crippen LogP contribution >= 0.6 is 0 Å². The van der Waals surface area contributed by atoms with Crippen LogP contribution in [0.1, 0.15) is 39.0 Å². The third kappa shape index (κ3) is 2.01. The van der Waals surface area contributed by atoms with E-state index in [4.69, 9.17) is 9.47 Å². The molecule has 16 heavy (non-hydrogen) atoms. The van der Waals surface area contributed by atoms with Crippen molar-refractivity contribution in [3.63, 3.8) is 0 Å². The van der Waals surface area contributed by atoms with Crippen molar-refractivity contribution in [3.8, 4) is 0 Å². The Morgan fingerprint density at radius 2 is 1.75 bits per heavy atom. The standard InChI is InChI=1S/C13H23NO2/c1-12(4-2-3-5-12)10-14-7-6-13(11-14)15-8-9-16-13/h2-11H2,1H3. The van der Waals surface area contributed by atoms with Crippen LogP contribution in [0.2, 0.25) is 0 Å². The number of hydrogen-bond donors (Lipinski definition) is 0. The van der Waals surface area contributed by atoms with E-state index in [1.807, 2.05) is 0 Å². The van der Waals surface area contributed by atoms with Gasteiger partial charge in [0.1, 0.15) is 0 Å². The molecule has 0 radical (unpaired) electrons. The lowest BCUT2D eigenvalue weighted by molar-refractivity contribution is -0.146. The minimum Gasteiger partial charge on any atom is -0.346 e. The van der Waals surface area contributed by atoms with E-state index in [9.17, 15) is 0 Å². The maximum atomic E-state index is 5.77. The molecule has 0 aromatic carbocycles. The molecule has 0 unspecified atom stereocenters. The molecule has 0 bridgehead atoms. The Kier molecular flexibility index (Phi) is 2.73. The highest BCUT2D eigenvalue weighted by Crippen LogP contribution is 2.40. The van der Waals surface area contributed by atoms with Gasteiger partial charge in [0, 0.05) is 19.5 Å². The van der Waals surface area contributed by atoms with Crippen LogP contribution in [0, 0.1) is 5.41 Å². The second kappa shape index (κ2) is 3.97. The molecule has 3 heteroatoms. The second-order valence-corrected chi connectivity index (χ2v) is 6.09. The van der Waals surface area contributed by atoms with Gasteiger partial charge in [-0.25, -0.2) is 0 Å². The van der Waals surface area contributed by atoms with Crippen LogP contribution in [0.3, 0.4) is 0 Å². The zero-order valence-corrected chi connectivity index (χ0v) is 10.3. The summed E-state index contributed by atoms with van der Waals surface area (Å²) in [7, 11) is 0. The molecule has 2 saturated heterocycles. The van der Waals surface area contributed by atoms with E-state index in [0.29, 0.717) is 5.41 Å². The van der Waals surface area contributed by atoms with Crippen molar-refractivity contribution in [2.45, 2.75) is 44.8 Å². The Bertz CT molecular complexity index is 255. The Labute approximate surface area is 98.1 Å². The molecule has 1 aliphatic carbocycles. The van der Waals surface area contributed by atoms with E-state index >= 15 is 0 Å². The first-order valence-electron chi connectivity index (χ1n) is 6.70. The van der Waals surface area contributed by atoms with E-state index in [0.717, 1.165) is 32.7 Å². The van der Waals surface area contributed by atoms with Gasteiger partial charge in [0.05, 0.1) is 19.8 Å². The lowest BCUT2D eigenvalue weighted by Gasteiger charge is -2.30. The van der Waals surface area contributed by atoms with Crippen LogP contribution in [0.4, 0.5) is 0 Å². The Hall–Kier alpha value is -0.120. The average molecular weight is 225 g/mol. The van der Waals surface area contributed by atoms with E-state index in [1.54, 1.807) is 0 Å². The smallest absolute Gasteiger partial charge is 0.182 e. The average Bonchev–Trinajstić information content (AvgIpc) is 2.93. The molecule has 2 aliphatic heterocycles. The number of likely N-dealkylation sites (tertiary alicyclic amines) is 1. The predicted molar refractivity (Wildman–Crippen MR) is 62.3 cm³/mol. The Morgan fingerprint density at radius 1 is 1.06 bits per heavy atom. The van der Waals surface area contributed by atoms with Crippen LogP contribution in [-0.4, -0.2) is 43.5 Å². The summed E-state index contributed by atoms with van der Waals surface area (Å²) in [5, 5.41) is 0. The molecule has 3 nitrogen and oxygen atoms in total. The summed E-state index contributed by atoms with van der Waals surface area (Å²) in [6, 6.07) is 0. The predicted octanol–water partition coefficient (Wildman–Crippen LogP) is 2.02. The highest BCUT2D eigenvalue weighted by atomic mass is 16.7. The summed E-state index contributed by atoms with van der Waals surface area (Å²) in [5.74, 6) is -0.227. The van der Waals surface area contributed by atoms with Gasteiger partial charge in [-0.05, 0) is 18.3 Å². The molecule has 3 rings (SSSR count). The molecule has 2 heterocycles. The molecule has 3 aliphatic rings. The van der Waals surface area contributed by atoms with Gasteiger partial charge in [-0.15, -0.1) is 0 Å². The van der Waals surface area contributed by atoms with E-state index in [1.165, 1.54) is 32.2 Å². The van der Waals surface area contributed by atoms with Gasteiger partial charge in [-0.2, -0.15) is 0 Å². The molecule has 0 N–H and O–H groups in total. The lowest BCUT2D eigenvalue weighted by Crippen LogP contribution is -2.38. The zero-order chi connectivity index (χ0) is 11.1. The van der Waals surface area contributed by atoms with Gasteiger partial charge in [0.2, 0.25) is 0 Å². The van der Waals surface area contributed by atoms with E-state index in [-0.39, 0.29) is 5.79 Å². The molecular formula is C13H23NO2. The van der Waals surface area contributed by atoms with Gasteiger partial charge in [0.25, 0.3) is 0 Å². The fraction of sp³-hybridized carbons (Fsp3) is 1.00. The quantitative estimate of drug-likeness (QED) is 0.717. The van der Waals surface area contributed by atoms with Crippen molar-refractivity contribution < 1.29 is 9.47 Å². The molecule has 0 aromatic heterocycles.